The minimum Gasteiger partial charge on any atom is -0.327 e. The van der Waals surface area contributed by atoms with Gasteiger partial charge in [-0.2, -0.15) is 5.10 Å². The van der Waals surface area contributed by atoms with Crippen molar-refractivity contribution in [3.8, 4) is 0 Å². The molecule has 0 aromatic carbocycles. The first-order valence-corrected chi connectivity index (χ1v) is 6.99. The third-order valence-corrected chi connectivity index (χ3v) is 3.99. The van der Waals surface area contributed by atoms with Gasteiger partial charge < -0.3 is 5.73 Å². The van der Waals surface area contributed by atoms with Gasteiger partial charge in [0.1, 0.15) is 0 Å². The van der Waals surface area contributed by atoms with Crippen LogP contribution in [0, 0.1) is 12.8 Å². The summed E-state index contributed by atoms with van der Waals surface area (Å²) in [6, 6.07) is 2.50. The Hall–Kier alpha value is -0.830. The highest BCUT2D eigenvalue weighted by molar-refractivity contribution is 5.10. The Morgan fingerprint density at radius 3 is 2.76 bits per heavy atom. The van der Waals surface area contributed by atoms with E-state index in [9.17, 15) is 0 Å². The molecule has 96 valence electrons. The van der Waals surface area contributed by atoms with Crippen LogP contribution in [0.1, 0.15) is 50.4 Å². The molecule has 2 N–H and O–H groups in total. The lowest BCUT2D eigenvalue weighted by molar-refractivity contribution is 0.300. The van der Waals surface area contributed by atoms with Gasteiger partial charge in [-0.05, 0) is 38.7 Å². The molecule has 3 nitrogen and oxygen atoms in total. The molecule has 0 radical (unpaired) electrons. The Kier molecular flexibility index (Phi) is 4.21. The molecule has 17 heavy (non-hydrogen) atoms. The molecule has 1 aliphatic rings. The lowest BCUT2D eigenvalue weighted by Crippen LogP contribution is -2.34. The molecule has 0 saturated heterocycles. The quantitative estimate of drug-likeness (QED) is 0.872. The molecular weight excluding hydrogens is 210 g/mol. The average molecular weight is 235 g/mol. The zero-order valence-corrected chi connectivity index (χ0v) is 11.2. The Labute approximate surface area is 104 Å². The molecule has 1 fully saturated rings. The van der Waals surface area contributed by atoms with Gasteiger partial charge in [0, 0.05) is 24.7 Å². The topological polar surface area (TPSA) is 43.8 Å². The van der Waals surface area contributed by atoms with Crippen LogP contribution in [0.25, 0.3) is 0 Å². The van der Waals surface area contributed by atoms with Crippen molar-refractivity contribution in [1.29, 1.82) is 0 Å². The molecule has 1 saturated carbocycles. The monoisotopic (exact) mass is 235 g/mol. The molecule has 2 rings (SSSR count). The third-order valence-electron chi connectivity index (χ3n) is 3.99. The first kappa shape index (κ1) is 12.6. The molecule has 3 heteroatoms. The lowest BCUT2D eigenvalue weighted by Gasteiger charge is -2.27. The van der Waals surface area contributed by atoms with Crippen LogP contribution in [0.15, 0.2) is 6.07 Å². The Balaban J connectivity index is 1.98. The van der Waals surface area contributed by atoms with E-state index in [0.717, 1.165) is 24.6 Å². The molecule has 0 amide bonds. The highest BCUT2D eigenvalue weighted by atomic mass is 15.3. The van der Waals surface area contributed by atoms with Gasteiger partial charge in [0.05, 0.1) is 5.69 Å². The van der Waals surface area contributed by atoms with Crippen molar-refractivity contribution in [3.63, 3.8) is 0 Å². The van der Waals surface area contributed by atoms with Crippen LogP contribution in [0.5, 0.6) is 0 Å². The van der Waals surface area contributed by atoms with E-state index >= 15 is 0 Å². The van der Waals surface area contributed by atoms with E-state index in [1.165, 1.54) is 37.8 Å². The summed E-state index contributed by atoms with van der Waals surface area (Å²) < 4.78 is 2.10. The second-order valence-corrected chi connectivity index (χ2v) is 5.36. The molecule has 1 aliphatic carbocycles. The molecular formula is C14H25N3. The molecule has 1 atom stereocenters. The van der Waals surface area contributed by atoms with E-state index in [1.807, 2.05) is 0 Å². The summed E-state index contributed by atoms with van der Waals surface area (Å²) in [4.78, 5) is 0. The SMILES string of the molecule is CCn1nc(C)cc1CC(N)C1CCCCC1. The van der Waals surface area contributed by atoms with Crippen LogP contribution in [-0.2, 0) is 13.0 Å². The van der Waals surface area contributed by atoms with Crippen molar-refractivity contribution >= 4 is 0 Å². The lowest BCUT2D eigenvalue weighted by atomic mass is 9.82. The second kappa shape index (κ2) is 5.67. The molecule has 0 aliphatic heterocycles. The highest BCUT2D eigenvalue weighted by Crippen LogP contribution is 2.27. The fourth-order valence-electron chi connectivity index (χ4n) is 3.01. The zero-order valence-electron chi connectivity index (χ0n) is 11.2. The molecule has 1 unspecified atom stereocenters. The van der Waals surface area contributed by atoms with Crippen molar-refractivity contribution in [1.82, 2.24) is 9.78 Å². The van der Waals surface area contributed by atoms with Crippen molar-refractivity contribution < 1.29 is 0 Å². The van der Waals surface area contributed by atoms with Crippen LogP contribution in [0.4, 0.5) is 0 Å². The van der Waals surface area contributed by atoms with Crippen LogP contribution in [0.3, 0.4) is 0 Å². The zero-order chi connectivity index (χ0) is 12.3. The van der Waals surface area contributed by atoms with Gasteiger partial charge in [-0.3, -0.25) is 4.68 Å². The predicted octanol–water partition coefficient (Wildman–Crippen LogP) is 2.66. The van der Waals surface area contributed by atoms with Crippen molar-refractivity contribution in [2.45, 2.75) is 65.0 Å². The number of nitrogens with two attached hydrogens (primary N) is 1. The number of aryl methyl sites for hydroxylation is 2. The van der Waals surface area contributed by atoms with Gasteiger partial charge in [-0.15, -0.1) is 0 Å². The van der Waals surface area contributed by atoms with E-state index in [-0.39, 0.29) is 0 Å². The van der Waals surface area contributed by atoms with E-state index in [2.05, 4.69) is 29.7 Å². The maximum atomic E-state index is 6.37. The van der Waals surface area contributed by atoms with E-state index in [4.69, 9.17) is 5.73 Å². The fourth-order valence-corrected chi connectivity index (χ4v) is 3.01. The van der Waals surface area contributed by atoms with Gasteiger partial charge in [0.2, 0.25) is 0 Å². The summed E-state index contributed by atoms with van der Waals surface area (Å²) in [7, 11) is 0. The minimum atomic E-state index is 0.316. The Morgan fingerprint density at radius 2 is 2.12 bits per heavy atom. The Morgan fingerprint density at radius 1 is 1.41 bits per heavy atom. The number of hydrogen-bond donors (Lipinski definition) is 1. The first-order valence-electron chi connectivity index (χ1n) is 6.99. The fraction of sp³-hybridized carbons (Fsp3) is 0.786. The van der Waals surface area contributed by atoms with Gasteiger partial charge >= 0.3 is 0 Å². The highest BCUT2D eigenvalue weighted by Gasteiger charge is 2.21. The molecule has 1 heterocycles. The molecule has 0 bridgehead atoms. The standard InChI is InChI=1S/C14H25N3/c1-3-17-13(9-11(2)16-17)10-14(15)12-7-5-4-6-8-12/h9,12,14H,3-8,10,15H2,1-2H3. The van der Waals surface area contributed by atoms with Crippen LogP contribution in [0.2, 0.25) is 0 Å². The third kappa shape index (κ3) is 3.09. The Bertz CT molecular complexity index is 350. The van der Waals surface area contributed by atoms with Crippen molar-refractivity contribution in [2.75, 3.05) is 0 Å². The normalized spacial score (nSPS) is 19.5. The summed E-state index contributed by atoms with van der Waals surface area (Å²) in [5.74, 6) is 0.726. The first-order chi connectivity index (χ1) is 8.20. The van der Waals surface area contributed by atoms with Crippen LogP contribution < -0.4 is 5.73 Å². The predicted molar refractivity (Wildman–Crippen MR) is 70.9 cm³/mol. The van der Waals surface area contributed by atoms with Gasteiger partial charge in [0.25, 0.3) is 0 Å². The molecule has 0 spiro atoms. The summed E-state index contributed by atoms with van der Waals surface area (Å²) in [5.41, 5.74) is 8.79. The van der Waals surface area contributed by atoms with Crippen molar-refractivity contribution in [3.05, 3.63) is 17.5 Å². The number of aromatic nitrogens is 2. The number of nitrogens with zero attached hydrogens (tertiary/aromatic N) is 2. The van der Waals surface area contributed by atoms with Crippen LogP contribution >= 0.6 is 0 Å². The van der Waals surface area contributed by atoms with E-state index in [0.29, 0.717) is 6.04 Å². The summed E-state index contributed by atoms with van der Waals surface area (Å²) in [5, 5.41) is 4.49. The summed E-state index contributed by atoms with van der Waals surface area (Å²) >= 11 is 0. The van der Waals surface area contributed by atoms with Crippen LogP contribution in [-0.4, -0.2) is 15.8 Å². The maximum Gasteiger partial charge on any atom is 0.0596 e. The van der Waals surface area contributed by atoms with Gasteiger partial charge in [-0.1, -0.05) is 19.3 Å². The number of hydrogen-bond acceptors (Lipinski definition) is 2. The largest absolute Gasteiger partial charge is 0.327 e. The minimum absolute atomic E-state index is 0.316. The van der Waals surface area contributed by atoms with Gasteiger partial charge in [-0.25, -0.2) is 0 Å². The summed E-state index contributed by atoms with van der Waals surface area (Å²) in [6.07, 6.45) is 7.75. The second-order valence-electron chi connectivity index (χ2n) is 5.36. The molecule has 1 aromatic heterocycles. The van der Waals surface area contributed by atoms with Crippen molar-refractivity contribution in [2.24, 2.45) is 11.7 Å². The van der Waals surface area contributed by atoms with E-state index < -0.39 is 0 Å². The van der Waals surface area contributed by atoms with Gasteiger partial charge in [0.15, 0.2) is 0 Å². The maximum absolute atomic E-state index is 6.37. The molecule has 1 aromatic rings. The summed E-state index contributed by atoms with van der Waals surface area (Å²) in [6.45, 7) is 5.14. The average Bonchev–Trinajstić information content (AvgIpc) is 2.70. The number of rotatable bonds is 4. The smallest absolute Gasteiger partial charge is 0.0596 e. The van der Waals surface area contributed by atoms with E-state index in [1.54, 1.807) is 0 Å².